The molecule has 0 atom stereocenters. The highest BCUT2D eigenvalue weighted by atomic mass is 79.9. The number of hydrogen-bond donors (Lipinski definition) is 1. The largest absolute Gasteiger partial charge is 0.241 e. The maximum atomic E-state index is 12.2. The number of hydrogen-bond acceptors (Lipinski definition) is 2. The van der Waals surface area contributed by atoms with E-state index in [1.54, 1.807) is 18.2 Å². The van der Waals surface area contributed by atoms with Crippen LogP contribution in [0.3, 0.4) is 0 Å². The minimum absolute atomic E-state index is 0.266. The topological polar surface area (TPSA) is 46.2 Å². The van der Waals surface area contributed by atoms with Crippen molar-refractivity contribution < 1.29 is 8.42 Å². The van der Waals surface area contributed by atoms with Gasteiger partial charge in [-0.15, -0.1) is 0 Å². The van der Waals surface area contributed by atoms with Gasteiger partial charge in [-0.3, -0.25) is 0 Å². The average Bonchev–Trinajstić information content (AvgIpc) is 2.85. The third-order valence-electron chi connectivity index (χ3n) is 3.06. The summed E-state index contributed by atoms with van der Waals surface area (Å²) in [4.78, 5) is 0.266. The smallest absolute Gasteiger partial charge is 0.211 e. The quantitative estimate of drug-likeness (QED) is 0.748. The van der Waals surface area contributed by atoms with Crippen LogP contribution in [0, 0.1) is 0 Å². The maximum absolute atomic E-state index is 12.2. The van der Waals surface area contributed by atoms with Crippen LogP contribution in [0.15, 0.2) is 43.7 Å². The molecule has 1 aromatic rings. The number of sulfonamides is 1. The molecule has 1 aliphatic carbocycles. The molecule has 6 heteroatoms. The molecule has 2 rings (SSSR count). The van der Waals surface area contributed by atoms with Gasteiger partial charge < -0.3 is 0 Å². The molecule has 0 radical (unpaired) electrons. The normalized spacial score (nSPS) is 15.6. The summed E-state index contributed by atoms with van der Waals surface area (Å²) in [6.45, 7) is 0.452. The lowest BCUT2D eigenvalue weighted by Crippen LogP contribution is -2.25. The Morgan fingerprint density at radius 2 is 2.05 bits per heavy atom. The lowest BCUT2D eigenvalue weighted by atomic mass is 10.2. The lowest BCUT2D eigenvalue weighted by Gasteiger charge is -2.09. The van der Waals surface area contributed by atoms with E-state index in [4.69, 9.17) is 0 Å². The molecule has 0 aromatic heterocycles. The molecule has 0 spiro atoms. The zero-order valence-corrected chi connectivity index (χ0v) is 14.3. The van der Waals surface area contributed by atoms with Crippen LogP contribution >= 0.6 is 31.9 Å². The van der Waals surface area contributed by atoms with E-state index in [1.165, 1.54) is 12.0 Å². The molecule has 104 valence electrons. The summed E-state index contributed by atoms with van der Waals surface area (Å²) < 4.78 is 28.4. The Hall–Kier alpha value is -0.170. The van der Waals surface area contributed by atoms with E-state index >= 15 is 0 Å². The Kier molecular flexibility index (Phi) is 5.22. The zero-order chi connectivity index (χ0) is 13.9. The van der Waals surface area contributed by atoms with E-state index in [-0.39, 0.29) is 4.90 Å². The van der Waals surface area contributed by atoms with Crippen LogP contribution in [0.4, 0.5) is 0 Å². The van der Waals surface area contributed by atoms with Crippen molar-refractivity contribution in [3.8, 4) is 0 Å². The zero-order valence-electron chi connectivity index (χ0n) is 10.3. The van der Waals surface area contributed by atoms with Crippen LogP contribution in [-0.4, -0.2) is 15.0 Å². The molecule has 0 heterocycles. The van der Waals surface area contributed by atoms with Crippen LogP contribution in [0.5, 0.6) is 0 Å². The van der Waals surface area contributed by atoms with Crippen LogP contribution in [0.1, 0.15) is 25.7 Å². The SMILES string of the molecule is O=S(=O)(NCCC1=CCCC1)c1cc(Br)ccc1Br. The third-order valence-corrected chi connectivity index (χ3v) is 6.00. The molecule has 0 aliphatic heterocycles. The van der Waals surface area contributed by atoms with Crippen molar-refractivity contribution >= 4 is 41.9 Å². The van der Waals surface area contributed by atoms with Crippen molar-refractivity contribution in [3.05, 3.63) is 38.8 Å². The van der Waals surface area contributed by atoms with Crippen LogP contribution in [0.25, 0.3) is 0 Å². The maximum Gasteiger partial charge on any atom is 0.241 e. The average molecular weight is 409 g/mol. The van der Waals surface area contributed by atoms with E-state index in [0.29, 0.717) is 11.0 Å². The summed E-state index contributed by atoms with van der Waals surface area (Å²) in [6, 6.07) is 5.12. The molecule has 1 aliphatic rings. The van der Waals surface area contributed by atoms with Gasteiger partial charge in [-0.2, -0.15) is 0 Å². The van der Waals surface area contributed by atoms with Crippen molar-refractivity contribution in [1.29, 1.82) is 0 Å². The number of nitrogens with one attached hydrogen (secondary N) is 1. The van der Waals surface area contributed by atoms with Gasteiger partial charge in [0, 0.05) is 15.5 Å². The van der Waals surface area contributed by atoms with Gasteiger partial charge in [0.15, 0.2) is 0 Å². The van der Waals surface area contributed by atoms with Gasteiger partial charge in [-0.1, -0.05) is 27.6 Å². The number of benzene rings is 1. The molecule has 0 saturated heterocycles. The first-order chi connectivity index (χ1) is 8.99. The molecule has 3 nitrogen and oxygen atoms in total. The molecule has 0 bridgehead atoms. The number of rotatable bonds is 5. The van der Waals surface area contributed by atoms with E-state index < -0.39 is 10.0 Å². The van der Waals surface area contributed by atoms with Crippen LogP contribution in [-0.2, 0) is 10.0 Å². The second-order valence-electron chi connectivity index (χ2n) is 4.48. The van der Waals surface area contributed by atoms with Gasteiger partial charge in [-0.25, -0.2) is 13.1 Å². The summed E-state index contributed by atoms with van der Waals surface area (Å²) >= 11 is 6.56. The van der Waals surface area contributed by atoms with Gasteiger partial charge in [0.25, 0.3) is 0 Å². The number of halogens is 2. The summed E-state index contributed by atoms with van der Waals surface area (Å²) in [5.41, 5.74) is 1.36. The molecule has 0 amide bonds. The molecule has 19 heavy (non-hydrogen) atoms. The highest BCUT2D eigenvalue weighted by Crippen LogP contribution is 2.26. The molecule has 1 N–H and O–H groups in total. The lowest BCUT2D eigenvalue weighted by molar-refractivity contribution is 0.580. The predicted octanol–water partition coefficient (Wildman–Crippen LogP) is 3.99. The van der Waals surface area contributed by atoms with Gasteiger partial charge >= 0.3 is 0 Å². The first-order valence-corrected chi connectivity index (χ1v) is 9.18. The summed E-state index contributed by atoms with van der Waals surface area (Å²) in [5.74, 6) is 0. The Labute approximate surface area is 130 Å². The summed E-state index contributed by atoms with van der Waals surface area (Å²) in [5, 5.41) is 0. The fourth-order valence-corrected chi connectivity index (χ4v) is 4.60. The number of allylic oxidation sites excluding steroid dienone is 1. The van der Waals surface area contributed by atoms with Gasteiger partial charge in [0.2, 0.25) is 10.0 Å². The summed E-state index contributed by atoms with van der Waals surface area (Å²) in [7, 11) is -3.46. The van der Waals surface area contributed by atoms with Crippen molar-refractivity contribution in [1.82, 2.24) is 4.72 Å². The van der Waals surface area contributed by atoms with Crippen molar-refractivity contribution in [2.75, 3.05) is 6.54 Å². The highest BCUT2D eigenvalue weighted by molar-refractivity contribution is 9.11. The standard InChI is InChI=1S/C13H15Br2NO2S/c14-11-5-6-12(15)13(9-11)19(17,18)16-8-7-10-3-1-2-4-10/h3,5-6,9,16H,1-2,4,7-8H2. The molecule has 1 aromatic carbocycles. The second kappa shape index (κ2) is 6.52. The van der Waals surface area contributed by atoms with Crippen molar-refractivity contribution in [2.24, 2.45) is 0 Å². The van der Waals surface area contributed by atoms with E-state index in [1.807, 2.05) is 0 Å². The van der Waals surface area contributed by atoms with Gasteiger partial charge in [-0.05, 0) is 59.8 Å². The van der Waals surface area contributed by atoms with E-state index in [0.717, 1.165) is 23.7 Å². The highest BCUT2D eigenvalue weighted by Gasteiger charge is 2.17. The predicted molar refractivity (Wildman–Crippen MR) is 83.6 cm³/mol. The Morgan fingerprint density at radius 3 is 2.74 bits per heavy atom. The van der Waals surface area contributed by atoms with Gasteiger partial charge in [0.05, 0.1) is 4.90 Å². The van der Waals surface area contributed by atoms with Gasteiger partial charge in [0.1, 0.15) is 0 Å². The van der Waals surface area contributed by atoms with Crippen molar-refractivity contribution in [3.63, 3.8) is 0 Å². The third kappa shape index (κ3) is 4.15. The second-order valence-corrected chi connectivity index (χ2v) is 7.98. The fourth-order valence-electron chi connectivity index (χ4n) is 2.07. The minimum atomic E-state index is -3.46. The molecular weight excluding hydrogens is 394 g/mol. The Bertz CT molecular complexity index is 597. The minimum Gasteiger partial charge on any atom is -0.211 e. The van der Waals surface area contributed by atoms with E-state index in [9.17, 15) is 8.42 Å². The van der Waals surface area contributed by atoms with Crippen LogP contribution < -0.4 is 4.72 Å². The Morgan fingerprint density at radius 1 is 1.26 bits per heavy atom. The molecule has 0 fully saturated rings. The first kappa shape index (κ1) is 15.2. The monoisotopic (exact) mass is 407 g/mol. The summed E-state index contributed by atoms with van der Waals surface area (Å²) in [6.07, 6.45) is 6.43. The molecule has 0 unspecified atom stereocenters. The fraction of sp³-hybridized carbons (Fsp3) is 0.385. The van der Waals surface area contributed by atoms with Crippen LogP contribution in [0.2, 0.25) is 0 Å². The molecule has 0 saturated carbocycles. The van der Waals surface area contributed by atoms with E-state index in [2.05, 4.69) is 42.7 Å². The Balaban J connectivity index is 2.03. The van der Waals surface area contributed by atoms with Crippen molar-refractivity contribution in [2.45, 2.75) is 30.6 Å². The first-order valence-electron chi connectivity index (χ1n) is 6.12. The molecular formula is C13H15Br2NO2S.